The van der Waals surface area contributed by atoms with Crippen LogP contribution in [0.15, 0.2) is 36.4 Å². The number of ketones is 1. The van der Waals surface area contributed by atoms with Crippen molar-refractivity contribution in [2.75, 3.05) is 11.9 Å². The first-order chi connectivity index (χ1) is 10.4. The van der Waals surface area contributed by atoms with Crippen LogP contribution in [0.1, 0.15) is 43.2 Å². The Morgan fingerprint density at radius 3 is 2.36 bits per heavy atom. The van der Waals surface area contributed by atoms with E-state index in [2.05, 4.69) is 29.4 Å². The molecule has 0 saturated heterocycles. The van der Waals surface area contributed by atoms with Gasteiger partial charge in [0.2, 0.25) is 0 Å². The third kappa shape index (κ3) is 3.87. The highest BCUT2D eigenvalue weighted by molar-refractivity contribution is 5.93. The topological polar surface area (TPSA) is 54.9 Å². The molecule has 5 heteroatoms. The van der Waals surface area contributed by atoms with Crippen molar-refractivity contribution >= 4 is 11.6 Å². The number of nitrogens with one attached hydrogen (secondary N) is 1. The molecular formula is C17H20FN3O. The number of nitrogens with zero attached hydrogens (tertiary/aromatic N) is 2. The van der Waals surface area contributed by atoms with Crippen LogP contribution in [0.5, 0.6) is 0 Å². The highest BCUT2D eigenvalue weighted by atomic mass is 19.1. The molecule has 1 N–H and O–H groups in total. The number of aromatic nitrogens is 2. The zero-order valence-corrected chi connectivity index (χ0v) is 13.1. The fraction of sp³-hybridized carbons (Fsp3) is 0.353. The second-order valence-corrected chi connectivity index (χ2v) is 5.82. The zero-order chi connectivity index (χ0) is 16.2. The Hall–Kier alpha value is -2.30. The van der Waals surface area contributed by atoms with Crippen LogP contribution in [0.25, 0.3) is 0 Å². The molecule has 4 nitrogen and oxygen atoms in total. The van der Waals surface area contributed by atoms with Gasteiger partial charge < -0.3 is 5.32 Å². The Morgan fingerprint density at radius 1 is 1.14 bits per heavy atom. The summed E-state index contributed by atoms with van der Waals surface area (Å²) in [5.41, 5.74) is 1.23. The molecule has 2 rings (SSSR count). The van der Waals surface area contributed by atoms with Crippen molar-refractivity contribution in [2.24, 2.45) is 0 Å². The Kier molecular flexibility index (Phi) is 4.85. The lowest BCUT2D eigenvalue weighted by atomic mass is 9.84. The average Bonchev–Trinajstić information content (AvgIpc) is 2.53. The van der Waals surface area contributed by atoms with E-state index in [9.17, 15) is 9.18 Å². The molecule has 116 valence electrons. The number of carbonyl (C=O) groups is 1. The molecule has 0 aliphatic carbocycles. The number of rotatable bonds is 6. The van der Waals surface area contributed by atoms with E-state index in [1.165, 1.54) is 12.1 Å². The summed E-state index contributed by atoms with van der Waals surface area (Å²) < 4.78 is 13.0. The van der Waals surface area contributed by atoms with Crippen molar-refractivity contribution in [2.45, 2.75) is 32.6 Å². The molecule has 2 aromatic rings. The normalized spacial score (nSPS) is 11.3. The molecule has 0 atom stereocenters. The Morgan fingerprint density at radius 2 is 1.82 bits per heavy atom. The number of hydrogen-bond donors (Lipinski definition) is 1. The maximum atomic E-state index is 13.0. The lowest BCUT2D eigenvalue weighted by Crippen LogP contribution is -2.28. The maximum absolute atomic E-state index is 13.0. The first kappa shape index (κ1) is 16.1. The first-order valence-corrected chi connectivity index (χ1v) is 7.29. The molecule has 0 aliphatic heterocycles. The molecule has 0 spiro atoms. The fourth-order valence-corrected chi connectivity index (χ4v) is 2.07. The fourth-order valence-electron chi connectivity index (χ4n) is 2.07. The largest absolute Gasteiger partial charge is 0.368 e. The summed E-state index contributed by atoms with van der Waals surface area (Å²) in [5, 5.41) is 11.1. The van der Waals surface area contributed by atoms with Gasteiger partial charge in [-0.3, -0.25) is 4.79 Å². The smallest absolute Gasteiger partial charge is 0.182 e. The molecule has 1 aromatic heterocycles. The predicted octanol–water partition coefficient (Wildman–Crippen LogP) is 3.60. The van der Waals surface area contributed by atoms with Crippen LogP contribution in [0, 0.1) is 5.82 Å². The van der Waals surface area contributed by atoms with Crippen LogP contribution >= 0.6 is 0 Å². The summed E-state index contributed by atoms with van der Waals surface area (Å²) in [7, 11) is 0. The molecule has 1 heterocycles. The molecule has 0 amide bonds. The molecule has 1 aromatic carbocycles. The van der Waals surface area contributed by atoms with Gasteiger partial charge in [0.1, 0.15) is 17.3 Å². The Bertz CT molecular complexity index is 636. The molecule has 0 radical (unpaired) electrons. The van der Waals surface area contributed by atoms with Crippen LogP contribution in [0.4, 0.5) is 10.2 Å². The number of anilines is 1. The van der Waals surface area contributed by atoms with Crippen LogP contribution < -0.4 is 5.32 Å². The Labute approximate surface area is 129 Å². The van der Waals surface area contributed by atoms with E-state index in [4.69, 9.17) is 0 Å². The number of hydrogen-bond acceptors (Lipinski definition) is 4. The number of halogens is 1. The first-order valence-electron chi connectivity index (χ1n) is 7.29. The summed E-state index contributed by atoms with van der Waals surface area (Å²) in [5.74, 6) is 0.350. The van der Waals surface area contributed by atoms with Crippen molar-refractivity contribution in [1.29, 1.82) is 0 Å². The third-order valence-electron chi connectivity index (χ3n) is 3.61. The monoisotopic (exact) mass is 301 g/mol. The minimum Gasteiger partial charge on any atom is -0.368 e. The quantitative estimate of drug-likeness (QED) is 0.828. The number of benzene rings is 1. The van der Waals surface area contributed by atoms with Gasteiger partial charge in [0.15, 0.2) is 5.78 Å². The summed E-state index contributed by atoms with van der Waals surface area (Å²) in [4.78, 5) is 11.5. The number of Topliss-reactive ketones (excluding diaryl/α,β-unsaturated/α-hetero) is 1. The van der Waals surface area contributed by atoms with Gasteiger partial charge in [-0.25, -0.2) is 4.39 Å². The molecule has 0 fully saturated rings. The summed E-state index contributed by atoms with van der Waals surface area (Å²) in [6, 6.07) is 9.91. The van der Waals surface area contributed by atoms with Gasteiger partial charge in [0.25, 0.3) is 0 Å². The maximum Gasteiger partial charge on any atom is 0.182 e. The standard InChI is InChI=1S/C17H20FN3O/c1-4-15(22)14-9-10-16(21-20-14)19-11-17(2,3)12-5-7-13(18)8-6-12/h5-10H,4,11H2,1-3H3,(H,19,21). The van der Waals surface area contributed by atoms with Crippen LogP contribution in [0.2, 0.25) is 0 Å². The van der Waals surface area contributed by atoms with Gasteiger partial charge in [-0.15, -0.1) is 10.2 Å². The van der Waals surface area contributed by atoms with Crippen LogP contribution in [-0.2, 0) is 5.41 Å². The predicted molar refractivity (Wildman–Crippen MR) is 84.6 cm³/mol. The van der Waals surface area contributed by atoms with E-state index >= 15 is 0 Å². The highest BCUT2D eigenvalue weighted by Gasteiger charge is 2.20. The van der Waals surface area contributed by atoms with Crippen molar-refractivity contribution in [3.05, 3.63) is 53.5 Å². The van der Waals surface area contributed by atoms with Crippen LogP contribution in [0.3, 0.4) is 0 Å². The summed E-state index contributed by atoms with van der Waals surface area (Å²) in [6.07, 6.45) is 0.416. The lowest BCUT2D eigenvalue weighted by Gasteiger charge is -2.25. The Balaban J connectivity index is 2.02. The molecule has 0 unspecified atom stereocenters. The average molecular weight is 301 g/mol. The molecule has 0 aliphatic rings. The van der Waals surface area contributed by atoms with E-state index < -0.39 is 0 Å². The minimum atomic E-state index is -0.241. The molecule has 0 bridgehead atoms. The van der Waals surface area contributed by atoms with E-state index in [1.54, 1.807) is 31.2 Å². The SMILES string of the molecule is CCC(=O)c1ccc(NCC(C)(C)c2ccc(F)cc2)nn1. The van der Waals surface area contributed by atoms with Crippen LogP contribution in [-0.4, -0.2) is 22.5 Å². The van der Waals surface area contributed by atoms with E-state index in [0.29, 0.717) is 24.5 Å². The minimum absolute atomic E-state index is 0.0225. The number of carbonyl (C=O) groups excluding carboxylic acids is 1. The van der Waals surface area contributed by atoms with Gasteiger partial charge in [-0.1, -0.05) is 32.9 Å². The van der Waals surface area contributed by atoms with Gasteiger partial charge in [0, 0.05) is 18.4 Å². The van der Waals surface area contributed by atoms with Crippen molar-refractivity contribution in [1.82, 2.24) is 10.2 Å². The van der Waals surface area contributed by atoms with E-state index in [1.807, 2.05) is 0 Å². The third-order valence-corrected chi connectivity index (χ3v) is 3.61. The van der Waals surface area contributed by atoms with Crippen molar-refractivity contribution < 1.29 is 9.18 Å². The molecule has 0 saturated carbocycles. The zero-order valence-electron chi connectivity index (χ0n) is 13.1. The highest BCUT2D eigenvalue weighted by Crippen LogP contribution is 2.23. The van der Waals surface area contributed by atoms with Gasteiger partial charge >= 0.3 is 0 Å². The lowest BCUT2D eigenvalue weighted by molar-refractivity contribution is 0.0982. The second kappa shape index (κ2) is 6.64. The van der Waals surface area contributed by atoms with Gasteiger partial charge in [-0.05, 0) is 29.8 Å². The molecule has 22 heavy (non-hydrogen) atoms. The van der Waals surface area contributed by atoms with Crippen molar-refractivity contribution in [3.8, 4) is 0 Å². The summed E-state index contributed by atoms with van der Waals surface area (Å²) in [6.45, 7) is 6.54. The van der Waals surface area contributed by atoms with Gasteiger partial charge in [0.05, 0.1) is 0 Å². The van der Waals surface area contributed by atoms with E-state index in [0.717, 1.165) is 5.56 Å². The summed E-state index contributed by atoms with van der Waals surface area (Å²) >= 11 is 0. The van der Waals surface area contributed by atoms with E-state index in [-0.39, 0.29) is 17.0 Å². The molecular weight excluding hydrogens is 281 g/mol. The second-order valence-electron chi connectivity index (χ2n) is 5.82. The van der Waals surface area contributed by atoms with Gasteiger partial charge in [-0.2, -0.15) is 0 Å². The van der Waals surface area contributed by atoms with Crippen molar-refractivity contribution in [3.63, 3.8) is 0 Å².